The molecule has 0 heterocycles. The van der Waals surface area contributed by atoms with Crippen molar-refractivity contribution in [2.24, 2.45) is 0 Å². The number of alkyl halides is 3. The maximum absolute atomic E-state index is 12.4. The third-order valence-corrected chi connectivity index (χ3v) is 2.18. The van der Waals surface area contributed by atoms with E-state index < -0.39 is 11.7 Å². The van der Waals surface area contributed by atoms with Crippen LogP contribution in [0.15, 0.2) is 12.1 Å². The molecule has 0 N–H and O–H groups in total. The highest BCUT2D eigenvalue weighted by Crippen LogP contribution is 2.32. The summed E-state index contributed by atoms with van der Waals surface area (Å²) >= 11 is 0. The Bertz CT molecular complexity index is 490. The molecule has 0 unspecified atom stereocenters. The Morgan fingerprint density at radius 1 is 1.25 bits per heavy atom. The number of rotatable bonds is 1. The summed E-state index contributed by atoms with van der Waals surface area (Å²) in [7, 11) is 0. The van der Waals surface area contributed by atoms with Gasteiger partial charge < -0.3 is 0 Å². The van der Waals surface area contributed by atoms with Crippen molar-refractivity contribution in [3.8, 4) is 12.1 Å². The van der Waals surface area contributed by atoms with E-state index in [0.29, 0.717) is 11.1 Å². The van der Waals surface area contributed by atoms with Crippen LogP contribution in [0.5, 0.6) is 0 Å². The highest BCUT2D eigenvalue weighted by atomic mass is 19.4. The molecule has 0 amide bonds. The molecular formula is C11H7F3N2. The maximum Gasteiger partial charge on any atom is 0.416 e. The number of hydrogen-bond donors (Lipinski definition) is 0. The molecule has 2 nitrogen and oxygen atoms in total. The van der Waals surface area contributed by atoms with Gasteiger partial charge in [0.05, 0.1) is 29.7 Å². The minimum atomic E-state index is -4.47. The Balaban J connectivity index is 3.41. The maximum atomic E-state index is 12.4. The summed E-state index contributed by atoms with van der Waals surface area (Å²) < 4.78 is 37.3. The Hall–Kier alpha value is -2.01. The van der Waals surface area contributed by atoms with Crippen LogP contribution in [0.25, 0.3) is 0 Å². The molecule has 0 bridgehead atoms. The molecule has 1 aromatic carbocycles. The zero-order valence-corrected chi connectivity index (χ0v) is 8.39. The van der Waals surface area contributed by atoms with E-state index in [1.165, 1.54) is 6.92 Å². The van der Waals surface area contributed by atoms with Crippen molar-refractivity contribution in [1.29, 1.82) is 10.5 Å². The first-order chi connectivity index (χ1) is 7.40. The lowest BCUT2D eigenvalue weighted by molar-refractivity contribution is -0.137. The molecule has 0 spiro atoms. The van der Waals surface area contributed by atoms with Gasteiger partial charge in [0.2, 0.25) is 0 Å². The lowest BCUT2D eigenvalue weighted by Gasteiger charge is -2.11. The fraction of sp³-hybridized carbons (Fsp3) is 0.273. The lowest BCUT2D eigenvalue weighted by atomic mass is 9.97. The second kappa shape index (κ2) is 4.24. The van der Waals surface area contributed by atoms with Crippen molar-refractivity contribution >= 4 is 0 Å². The van der Waals surface area contributed by atoms with Crippen molar-refractivity contribution < 1.29 is 13.2 Å². The lowest BCUT2D eigenvalue weighted by Crippen LogP contribution is -2.07. The Kier molecular flexibility index (Phi) is 3.20. The van der Waals surface area contributed by atoms with Gasteiger partial charge in [-0.2, -0.15) is 23.7 Å². The van der Waals surface area contributed by atoms with E-state index in [-0.39, 0.29) is 12.0 Å². The van der Waals surface area contributed by atoms with Gasteiger partial charge in [-0.3, -0.25) is 0 Å². The second-order valence-corrected chi connectivity index (χ2v) is 3.26. The SMILES string of the molecule is Cc1cc(C(F)(F)F)cc(C#N)c1CC#N. The molecule has 1 rings (SSSR count). The average Bonchev–Trinajstić information content (AvgIpc) is 2.19. The van der Waals surface area contributed by atoms with Crippen LogP contribution in [0.1, 0.15) is 22.3 Å². The molecule has 0 saturated heterocycles. The normalized spacial score (nSPS) is 10.6. The molecule has 82 valence electrons. The second-order valence-electron chi connectivity index (χ2n) is 3.26. The van der Waals surface area contributed by atoms with Gasteiger partial charge in [0.15, 0.2) is 0 Å². The molecule has 0 aliphatic heterocycles. The van der Waals surface area contributed by atoms with Crippen LogP contribution >= 0.6 is 0 Å². The van der Waals surface area contributed by atoms with Crippen LogP contribution in [0.2, 0.25) is 0 Å². The zero-order valence-electron chi connectivity index (χ0n) is 8.39. The third kappa shape index (κ3) is 2.32. The molecule has 0 saturated carbocycles. The minimum absolute atomic E-state index is 0.0626. The van der Waals surface area contributed by atoms with Gasteiger partial charge in [-0.15, -0.1) is 0 Å². The summed E-state index contributed by atoms with van der Waals surface area (Å²) in [5.41, 5.74) is -0.275. The first-order valence-electron chi connectivity index (χ1n) is 4.38. The number of halogens is 3. The van der Waals surface area contributed by atoms with Crippen LogP contribution in [0, 0.1) is 29.6 Å². The van der Waals surface area contributed by atoms with Gasteiger partial charge in [-0.25, -0.2) is 0 Å². The van der Waals surface area contributed by atoms with Crippen LogP contribution < -0.4 is 0 Å². The van der Waals surface area contributed by atoms with E-state index in [1.807, 2.05) is 6.07 Å². The van der Waals surface area contributed by atoms with Gasteiger partial charge in [-0.1, -0.05) is 0 Å². The molecule has 0 atom stereocenters. The van der Waals surface area contributed by atoms with Gasteiger partial charge >= 0.3 is 6.18 Å². The van der Waals surface area contributed by atoms with Crippen LogP contribution in [-0.4, -0.2) is 0 Å². The predicted octanol–water partition coefficient (Wildman–Crippen LogP) is 2.95. The van der Waals surface area contributed by atoms with Gasteiger partial charge in [0, 0.05) is 0 Å². The highest BCUT2D eigenvalue weighted by molar-refractivity contribution is 5.47. The summed E-state index contributed by atoms with van der Waals surface area (Å²) in [4.78, 5) is 0. The first kappa shape index (κ1) is 12.1. The summed E-state index contributed by atoms with van der Waals surface area (Å²) in [6.45, 7) is 1.46. The smallest absolute Gasteiger partial charge is 0.198 e. The Labute approximate surface area is 90.5 Å². The number of benzene rings is 1. The van der Waals surface area contributed by atoms with E-state index >= 15 is 0 Å². The van der Waals surface area contributed by atoms with Crippen LogP contribution in [-0.2, 0) is 12.6 Å². The fourth-order valence-electron chi connectivity index (χ4n) is 1.39. The van der Waals surface area contributed by atoms with E-state index in [2.05, 4.69) is 0 Å². The van der Waals surface area contributed by atoms with Crippen LogP contribution in [0.3, 0.4) is 0 Å². The summed E-state index contributed by atoms with van der Waals surface area (Å²) in [6.07, 6.45) is -4.53. The predicted molar refractivity (Wildman–Crippen MR) is 50.2 cm³/mol. The number of aryl methyl sites for hydroxylation is 1. The molecule has 16 heavy (non-hydrogen) atoms. The molecule has 0 aliphatic carbocycles. The molecular weight excluding hydrogens is 217 g/mol. The molecule has 1 aromatic rings. The third-order valence-electron chi connectivity index (χ3n) is 2.18. The van der Waals surface area contributed by atoms with E-state index in [1.54, 1.807) is 6.07 Å². The fourth-order valence-corrected chi connectivity index (χ4v) is 1.39. The zero-order chi connectivity index (χ0) is 12.3. The molecule has 0 fully saturated rings. The van der Waals surface area contributed by atoms with Crippen molar-refractivity contribution in [2.75, 3.05) is 0 Å². The average molecular weight is 224 g/mol. The van der Waals surface area contributed by atoms with Gasteiger partial charge in [0.25, 0.3) is 0 Å². The molecule has 5 heteroatoms. The summed E-state index contributed by atoms with van der Waals surface area (Å²) in [5, 5.41) is 17.2. The van der Waals surface area contributed by atoms with Crippen molar-refractivity contribution in [3.05, 3.63) is 34.4 Å². The number of nitrogens with zero attached hydrogens (tertiary/aromatic N) is 2. The standard InChI is InChI=1S/C11H7F3N2/c1-7-4-9(11(12,13)14)5-8(6-16)10(7)2-3-15/h4-5H,2H2,1H3. The van der Waals surface area contributed by atoms with Gasteiger partial charge in [0.1, 0.15) is 0 Å². The Morgan fingerprint density at radius 2 is 1.88 bits per heavy atom. The van der Waals surface area contributed by atoms with Crippen molar-refractivity contribution in [2.45, 2.75) is 19.5 Å². The molecule has 0 aromatic heterocycles. The quantitative estimate of drug-likeness (QED) is 0.736. The van der Waals surface area contributed by atoms with E-state index in [0.717, 1.165) is 12.1 Å². The first-order valence-corrected chi connectivity index (χ1v) is 4.38. The number of hydrogen-bond acceptors (Lipinski definition) is 2. The van der Waals surface area contributed by atoms with Crippen LogP contribution in [0.4, 0.5) is 13.2 Å². The molecule has 0 aliphatic rings. The monoisotopic (exact) mass is 224 g/mol. The van der Waals surface area contributed by atoms with E-state index in [4.69, 9.17) is 10.5 Å². The molecule has 0 radical (unpaired) electrons. The summed E-state index contributed by atoms with van der Waals surface area (Å²) in [5.74, 6) is 0. The summed E-state index contributed by atoms with van der Waals surface area (Å²) in [6, 6.07) is 5.24. The Morgan fingerprint density at radius 3 is 2.31 bits per heavy atom. The van der Waals surface area contributed by atoms with E-state index in [9.17, 15) is 13.2 Å². The minimum Gasteiger partial charge on any atom is -0.198 e. The van der Waals surface area contributed by atoms with Gasteiger partial charge in [-0.05, 0) is 30.2 Å². The van der Waals surface area contributed by atoms with Crippen molar-refractivity contribution in [3.63, 3.8) is 0 Å². The number of nitriles is 2. The highest BCUT2D eigenvalue weighted by Gasteiger charge is 2.31. The largest absolute Gasteiger partial charge is 0.416 e. The topological polar surface area (TPSA) is 47.6 Å². The van der Waals surface area contributed by atoms with Crippen molar-refractivity contribution in [1.82, 2.24) is 0 Å².